The van der Waals surface area contributed by atoms with Gasteiger partial charge in [-0.25, -0.2) is 0 Å². The van der Waals surface area contributed by atoms with Gasteiger partial charge in [-0.2, -0.15) is 0 Å². The third-order valence-corrected chi connectivity index (χ3v) is 7.78. The fourth-order valence-electron chi connectivity index (χ4n) is 6.10. The highest BCUT2D eigenvalue weighted by Gasteiger charge is 2.45. The molecule has 160 valence electrons. The quantitative estimate of drug-likeness (QED) is 0.558. The largest absolute Gasteiger partial charge is 0.626 e. The first kappa shape index (κ1) is 19.9. The number of hydrogen-bond acceptors (Lipinski definition) is 4. The zero-order chi connectivity index (χ0) is 20.6. The number of benzene rings is 2. The molecule has 1 aliphatic carbocycles. The fraction of sp³-hybridized carbons (Fsp3) is 0.520. The second-order valence-electron chi connectivity index (χ2n) is 9.19. The summed E-state index contributed by atoms with van der Waals surface area (Å²) in [7, 11) is 1.73. The molecule has 0 radical (unpaired) electrons. The SMILES string of the molecule is COc1ccc(C2(N3CCC([N+]4([O-])CNc5ccccc54)CC3)CCCCC2)cc1. The van der Waals surface area contributed by atoms with Crippen molar-refractivity contribution in [1.82, 2.24) is 9.55 Å². The molecule has 1 saturated carbocycles. The smallest absolute Gasteiger partial charge is 0.158 e. The van der Waals surface area contributed by atoms with Crippen molar-refractivity contribution in [2.24, 2.45) is 0 Å². The highest BCUT2D eigenvalue weighted by molar-refractivity contribution is 5.72. The number of nitrogens with zero attached hydrogens (tertiary/aromatic N) is 2. The van der Waals surface area contributed by atoms with Crippen molar-refractivity contribution in [2.75, 3.05) is 32.2 Å². The van der Waals surface area contributed by atoms with Crippen molar-refractivity contribution < 1.29 is 4.74 Å². The Morgan fingerprint density at radius 3 is 2.40 bits per heavy atom. The van der Waals surface area contributed by atoms with Gasteiger partial charge in [-0.3, -0.25) is 4.90 Å². The van der Waals surface area contributed by atoms with E-state index in [1.807, 2.05) is 24.3 Å². The number of anilines is 1. The molecule has 5 rings (SSSR count). The van der Waals surface area contributed by atoms with Crippen LogP contribution in [0.5, 0.6) is 5.75 Å². The van der Waals surface area contributed by atoms with Gasteiger partial charge in [-0.15, -0.1) is 0 Å². The van der Waals surface area contributed by atoms with E-state index in [-0.39, 0.29) is 16.2 Å². The number of para-hydroxylation sites is 2. The molecule has 0 bridgehead atoms. The zero-order valence-corrected chi connectivity index (χ0v) is 18.0. The minimum Gasteiger partial charge on any atom is -0.626 e. The summed E-state index contributed by atoms with van der Waals surface area (Å²) in [5, 5.41) is 17.2. The van der Waals surface area contributed by atoms with E-state index in [0.29, 0.717) is 6.67 Å². The Balaban J connectivity index is 1.36. The van der Waals surface area contributed by atoms with Crippen molar-refractivity contribution in [1.29, 1.82) is 0 Å². The van der Waals surface area contributed by atoms with Gasteiger partial charge in [0.05, 0.1) is 13.2 Å². The molecule has 3 aliphatic rings. The normalized spacial score (nSPS) is 26.7. The summed E-state index contributed by atoms with van der Waals surface area (Å²) in [6, 6.07) is 16.9. The number of fused-ring (bicyclic) bond motifs is 1. The summed E-state index contributed by atoms with van der Waals surface area (Å²) in [6.07, 6.45) is 8.24. The van der Waals surface area contributed by atoms with E-state index in [1.165, 1.54) is 37.7 Å². The van der Waals surface area contributed by atoms with Crippen molar-refractivity contribution >= 4 is 11.4 Å². The van der Waals surface area contributed by atoms with E-state index in [9.17, 15) is 5.21 Å². The van der Waals surface area contributed by atoms with Gasteiger partial charge in [0, 0.05) is 37.5 Å². The molecule has 1 saturated heterocycles. The number of hydrogen-bond donors (Lipinski definition) is 1. The van der Waals surface area contributed by atoms with Crippen LogP contribution >= 0.6 is 0 Å². The molecule has 2 aromatic carbocycles. The van der Waals surface area contributed by atoms with Crippen LogP contribution in [0.3, 0.4) is 0 Å². The lowest BCUT2D eigenvalue weighted by molar-refractivity contribution is 0.0128. The van der Waals surface area contributed by atoms with Crippen LogP contribution in [0.25, 0.3) is 0 Å². The maximum Gasteiger partial charge on any atom is 0.158 e. The van der Waals surface area contributed by atoms with Gasteiger partial charge < -0.3 is 19.9 Å². The molecule has 1 atom stereocenters. The number of hydroxylamine groups is 2. The van der Waals surface area contributed by atoms with Gasteiger partial charge in [0.2, 0.25) is 0 Å². The van der Waals surface area contributed by atoms with E-state index < -0.39 is 0 Å². The first-order chi connectivity index (χ1) is 14.7. The molecule has 2 fully saturated rings. The molecule has 30 heavy (non-hydrogen) atoms. The minimum atomic E-state index is -0.209. The van der Waals surface area contributed by atoms with Gasteiger partial charge in [0.1, 0.15) is 11.4 Å². The number of methoxy groups -OCH3 is 1. The van der Waals surface area contributed by atoms with Crippen LogP contribution < -0.4 is 14.7 Å². The predicted octanol–water partition coefficient (Wildman–Crippen LogP) is 5.21. The standard InChI is InChI=1S/C25H33N3O2/c1-30-22-11-9-20(10-12-22)25(15-5-2-6-16-25)27-17-13-21(14-18-27)28(29)19-26-23-7-3-4-8-24(23)28/h3-4,7-12,21,26H,2,5-6,13-19H2,1H3. The van der Waals surface area contributed by atoms with Crippen molar-refractivity contribution in [3.8, 4) is 5.75 Å². The third kappa shape index (κ3) is 3.20. The average Bonchev–Trinajstić information content (AvgIpc) is 3.18. The molecule has 0 spiro atoms. The van der Waals surface area contributed by atoms with Gasteiger partial charge >= 0.3 is 0 Å². The van der Waals surface area contributed by atoms with Gasteiger partial charge in [-0.1, -0.05) is 43.5 Å². The maximum absolute atomic E-state index is 13.8. The number of piperidine rings is 1. The molecule has 1 unspecified atom stereocenters. The van der Waals surface area contributed by atoms with Crippen LogP contribution in [0.2, 0.25) is 0 Å². The Bertz CT molecular complexity index is 870. The number of rotatable bonds is 4. The zero-order valence-electron chi connectivity index (χ0n) is 18.0. The lowest BCUT2D eigenvalue weighted by Crippen LogP contribution is -2.59. The molecule has 5 nitrogen and oxygen atoms in total. The molecule has 5 heteroatoms. The summed E-state index contributed by atoms with van der Waals surface area (Å²) in [5.74, 6) is 0.918. The molecule has 0 amide bonds. The minimum absolute atomic E-state index is 0.115. The van der Waals surface area contributed by atoms with Crippen molar-refractivity contribution in [3.05, 3.63) is 59.3 Å². The highest BCUT2D eigenvalue weighted by Crippen LogP contribution is 2.46. The number of nitrogens with one attached hydrogen (secondary N) is 1. The van der Waals surface area contributed by atoms with Crippen LogP contribution in [0.1, 0.15) is 50.5 Å². The van der Waals surface area contributed by atoms with Gasteiger partial charge in [0.15, 0.2) is 12.4 Å². The van der Waals surface area contributed by atoms with Crippen molar-refractivity contribution in [3.63, 3.8) is 0 Å². The van der Waals surface area contributed by atoms with Crippen LogP contribution in [0.4, 0.5) is 11.4 Å². The number of ether oxygens (including phenoxy) is 1. The first-order valence-corrected chi connectivity index (χ1v) is 11.5. The monoisotopic (exact) mass is 407 g/mol. The van der Waals surface area contributed by atoms with Gasteiger partial charge in [-0.05, 0) is 36.6 Å². The van der Waals surface area contributed by atoms with E-state index in [4.69, 9.17) is 4.74 Å². The lowest BCUT2D eigenvalue weighted by atomic mass is 9.74. The van der Waals surface area contributed by atoms with E-state index in [2.05, 4.69) is 34.5 Å². The second kappa shape index (κ2) is 7.88. The number of quaternary nitrogens is 1. The van der Waals surface area contributed by atoms with Crippen LogP contribution in [-0.4, -0.2) is 37.8 Å². The Labute approximate surface area is 179 Å². The molecular weight excluding hydrogens is 374 g/mol. The van der Waals surface area contributed by atoms with Crippen LogP contribution in [0, 0.1) is 5.21 Å². The van der Waals surface area contributed by atoms with E-state index >= 15 is 0 Å². The average molecular weight is 408 g/mol. The van der Waals surface area contributed by atoms with Crippen LogP contribution in [-0.2, 0) is 5.54 Å². The summed E-state index contributed by atoms with van der Waals surface area (Å²) in [5.41, 5.74) is 3.46. The van der Waals surface area contributed by atoms with Crippen LogP contribution in [0.15, 0.2) is 48.5 Å². The predicted molar refractivity (Wildman–Crippen MR) is 122 cm³/mol. The number of likely N-dealkylation sites (tertiary alicyclic amines) is 1. The topological polar surface area (TPSA) is 47.6 Å². The summed E-state index contributed by atoms with van der Waals surface area (Å²) >= 11 is 0. The Morgan fingerprint density at radius 2 is 1.70 bits per heavy atom. The van der Waals surface area contributed by atoms with Gasteiger partial charge in [0.25, 0.3) is 0 Å². The molecule has 0 aromatic heterocycles. The third-order valence-electron chi connectivity index (χ3n) is 7.78. The maximum atomic E-state index is 13.8. The Morgan fingerprint density at radius 1 is 1.00 bits per heavy atom. The van der Waals surface area contributed by atoms with E-state index in [1.54, 1.807) is 7.11 Å². The second-order valence-corrected chi connectivity index (χ2v) is 9.19. The molecule has 2 aliphatic heterocycles. The highest BCUT2D eigenvalue weighted by atomic mass is 16.6. The summed E-state index contributed by atoms with van der Waals surface area (Å²) < 4.78 is 5.18. The Hall–Kier alpha value is -2.08. The molecule has 2 aromatic rings. The first-order valence-electron chi connectivity index (χ1n) is 11.5. The van der Waals surface area contributed by atoms with Crippen molar-refractivity contribution in [2.45, 2.75) is 56.5 Å². The Kier molecular flexibility index (Phi) is 5.21. The summed E-state index contributed by atoms with van der Waals surface area (Å²) in [6.45, 7) is 2.47. The van der Waals surface area contributed by atoms with E-state index in [0.717, 1.165) is 43.1 Å². The summed E-state index contributed by atoms with van der Waals surface area (Å²) in [4.78, 5) is 2.70. The molecule has 2 heterocycles. The molecule has 1 N–H and O–H groups in total. The lowest BCUT2D eigenvalue weighted by Gasteiger charge is -2.53. The fourth-order valence-corrected chi connectivity index (χ4v) is 6.10. The molecular formula is C25H33N3O2.